The number of pyridine rings is 1. The molecule has 2 aromatic carbocycles. The van der Waals surface area contributed by atoms with E-state index in [4.69, 9.17) is 0 Å². The van der Waals surface area contributed by atoms with Gasteiger partial charge in [-0.15, -0.1) is 0 Å². The Hall–Kier alpha value is -3.14. The number of hydrogen-bond acceptors (Lipinski definition) is 3. The lowest BCUT2D eigenvalue weighted by atomic mass is 10.1. The van der Waals surface area contributed by atoms with Crippen molar-refractivity contribution in [3.8, 4) is 0 Å². The van der Waals surface area contributed by atoms with Gasteiger partial charge in [0.05, 0.1) is 6.04 Å². The van der Waals surface area contributed by atoms with E-state index in [1.165, 1.54) is 5.56 Å². The molecule has 1 aromatic heterocycles. The number of carbonyl (C=O) groups excluding carboxylic acids is 1. The van der Waals surface area contributed by atoms with Gasteiger partial charge < -0.3 is 10.6 Å². The highest BCUT2D eigenvalue weighted by molar-refractivity contribution is 5.93. The van der Waals surface area contributed by atoms with Crippen molar-refractivity contribution < 1.29 is 4.79 Å². The Kier molecular flexibility index (Phi) is 5.99. The van der Waals surface area contributed by atoms with Crippen molar-refractivity contribution in [3.63, 3.8) is 0 Å². The van der Waals surface area contributed by atoms with Crippen molar-refractivity contribution in [2.75, 3.05) is 11.9 Å². The van der Waals surface area contributed by atoms with Crippen molar-refractivity contribution >= 4 is 11.6 Å². The average molecular weight is 345 g/mol. The van der Waals surface area contributed by atoms with Gasteiger partial charge >= 0.3 is 0 Å². The van der Waals surface area contributed by atoms with E-state index in [0.717, 1.165) is 24.2 Å². The molecule has 132 valence electrons. The van der Waals surface area contributed by atoms with Crippen LogP contribution in [0.3, 0.4) is 0 Å². The van der Waals surface area contributed by atoms with E-state index in [2.05, 4.69) is 27.8 Å². The number of anilines is 1. The number of amides is 1. The molecule has 0 aliphatic rings. The molecule has 3 rings (SSSR count). The fourth-order valence-corrected chi connectivity index (χ4v) is 2.76. The summed E-state index contributed by atoms with van der Waals surface area (Å²) in [4.78, 5) is 16.7. The van der Waals surface area contributed by atoms with Gasteiger partial charge in [-0.3, -0.25) is 9.78 Å². The summed E-state index contributed by atoms with van der Waals surface area (Å²) >= 11 is 0. The lowest BCUT2D eigenvalue weighted by Gasteiger charge is -2.14. The van der Waals surface area contributed by atoms with Gasteiger partial charge in [0, 0.05) is 18.4 Å². The van der Waals surface area contributed by atoms with E-state index in [9.17, 15) is 4.79 Å². The second-order valence-corrected chi connectivity index (χ2v) is 6.20. The van der Waals surface area contributed by atoms with Gasteiger partial charge in [0.2, 0.25) is 0 Å². The highest BCUT2D eigenvalue weighted by atomic mass is 16.1. The number of hydrogen-bond donors (Lipinski definition) is 2. The second-order valence-electron chi connectivity index (χ2n) is 6.20. The zero-order valence-corrected chi connectivity index (χ0v) is 14.9. The van der Waals surface area contributed by atoms with Crippen LogP contribution in [0.2, 0.25) is 0 Å². The Balaban J connectivity index is 1.57. The smallest absolute Gasteiger partial charge is 0.270 e. The van der Waals surface area contributed by atoms with Gasteiger partial charge in [0.25, 0.3) is 5.91 Å². The molecule has 0 fully saturated rings. The van der Waals surface area contributed by atoms with Crippen LogP contribution in [-0.2, 0) is 6.42 Å². The summed E-state index contributed by atoms with van der Waals surface area (Å²) in [5.41, 5.74) is 3.66. The molecule has 1 atom stereocenters. The number of carbonyl (C=O) groups is 1. The van der Waals surface area contributed by atoms with Crippen LogP contribution in [0.25, 0.3) is 0 Å². The van der Waals surface area contributed by atoms with E-state index in [-0.39, 0.29) is 11.9 Å². The van der Waals surface area contributed by atoms with Gasteiger partial charge in [-0.2, -0.15) is 0 Å². The van der Waals surface area contributed by atoms with E-state index < -0.39 is 0 Å². The summed E-state index contributed by atoms with van der Waals surface area (Å²) in [6.45, 7) is 2.77. The van der Waals surface area contributed by atoms with Crippen LogP contribution in [0.4, 0.5) is 5.69 Å². The molecule has 0 saturated carbocycles. The second kappa shape index (κ2) is 8.81. The van der Waals surface area contributed by atoms with Crippen LogP contribution < -0.4 is 10.6 Å². The van der Waals surface area contributed by atoms with Gasteiger partial charge in [-0.1, -0.05) is 60.7 Å². The monoisotopic (exact) mass is 345 g/mol. The van der Waals surface area contributed by atoms with Gasteiger partial charge in [-0.25, -0.2) is 0 Å². The maximum absolute atomic E-state index is 12.5. The maximum atomic E-state index is 12.5. The Bertz CT molecular complexity index is 834. The third-order valence-electron chi connectivity index (χ3n) is 4.23. The minimum Gasteiger partial charge on any atom is -0.385 e. The van der Waals surface area contributed by atoms with Crippen LogP contribution in [0.1, 0.15) is 34.6 Å². The molecule has 3 aromatic rings. The Morgan fingerprint density at radius 1 is 1.00 bits per heavy atom. The molecular formula is C22H23N3O. The number of benzene rings is 2. The third kappa shape index (κ3) is 4.93. The summed E-state index contributed by atoms with van der Waals surface area (Å²) in [5.74, 6) is -0.173. The first-order valence-corrected chi connectivity index (χ1v) is 8.82. The third-order valence-corrected chi connectivity index (χ3v) is 4.23. The summed E-state index contributed by atoms with van der Waals surface area (Å²) in [7, 11) is 0. The maximum Gasteiger partial charge on any atom is 0.270 e. The number of nitrogens with zero attached hydrogens (tertiary/aromatic N) is 1. The van der Waals surface area contributed by atoms with Crippen LogP contribution >= 0.6 is 0 Å². The van der Waals surface area contributed by atoms with Gasteiger partial charge in [-0.05, 0) is 36.6 Å². The molecular weight excluding hydrogens is 322 g/mol. The molecule has 26 heavy (non-hydrogen) atoms. The Morgan fingerprint density at radius 2 is 1.69 bits per heavy atom. The number of aromatic nitrogens is 1. The normalized spacial score (nSPS) is 11.6. The number of nitrogens with one attached hydrogen (secondary N) is 2. The molecule has 0 bridgehead atoms. The molecule has 0 aliphatic heterocycles. The molecule has 0 aliphatic carbocycles. The molecule has 4 nitrogen and oxygen atoms in total. The minimum absolute atomic E-state index is 0.0693. The lowest BCUT2D eigenvalue weighted by molar-refractivity contribution is 0.0935. The highest BCUT2D eigenvalue weighted by Crippen LogP contribution is 2.13. The molecule has 2 N–H and O–H groups in total. The predicted octanol–water partition coefficient (Wildman–Crippen LogP) is 4.23. The predicted molar refractivity (Wildman–Crippen MR) is 105 cm³/mol. The molecule has 4 heteroatoms. The van der Waals surface area contributed by atoms with Crippen molar-refractivity contribution in [2.24, 2.45) is 0 Å². The Labute approximate surface area is 154 Å². The first kappa shape index (κ1) is 17.7. The van der Waals surface area contributed by atoms with Crippen LogP contribution in [-0.4, -0.2) is 17.4 Å². The SMILES string of the molecule is CC(NC(=O)c1cc(NCCc2ccccc2)ccn1)c1ccccc1. The van der Waals surface area contributed by atoms with E-state index >= 15 is 0 Å². The van der Waals surface area contributed by atoms with Crippen LogP contribution in [0.15, 0.2) is 79.0 Å². The topological polar surface area (TPSA) is 54.0 Å². The van der Waals surface area contributed by atoms with Crippen molar-refractivity contribution in [3.05, 3.63) is 95.8 Å². The van der Waals surface area contributed by atoms with Crippen molar-refractivity contribution in [1.29, 1.82) is 0 Å². The zero-order valence-electron chi connectivity index (χ0n) is 14.9. The van der Waals surface area contributed by atoms with Crippen LogP contribution in [0.5, 0.6) is 0 Å². The quantitative estimate of drug-likeness (QED) is 0.674. The minimum atomic E-state index is -0.173. The fraction of sp³-hybridized carbons (Fsp3) is 0.182. The first-order valence-electron chi connectivity index (χ1n) is 8.82. The lowest BCUT2D eigenvalue weighted by Crippen LogP contribution is -2.27. The highest BCUT2D eigenvalue weighted by Gasteiger charge is 2.12. The molecule has 1 heterocycles. The molecule has 1 amide bonds. The first-order chi connectivity index (χ1) is 12.7. The fourth-order valence-electron chi connectivity index (χ4n) is 2.76. The van der Waals surface area contributed by atoms with Gasteiger partial charge in [0.1, 0.15) is 5.69 Å². The standard InChI is InChI=1S/C22H23N3O/c1-17(19-10-6-3-7-11-19)25-22(26)21-16-20(13-15-24-21)23-14-12-18-8-4-2-5-9-18/h2-11,13,15-17H,12,14H2,1H3,(H,23,24)(H,25,26). The van der Waals surface area contributed by atoms with E-state index in [1.807, 2.05) is 61.5 Å². The zero-order chi connectivity index (χ0) is 18.2. The molecule has 0 radical (unpaired) electrons. The number of rotatable bonds is 7. The molecule has 1 unspecified atom stereocenters. The summed E-state index contributed by atoms with van der Waals surface area (Å²) < 4.78 is 0. The van der Waals surface area contributed by atoms with Gasteiger partial charge in [0.15, 0.2) is 0 Å². The van der Waals surface area contributed by atoms with E-state index in [1.54, 1.807) is 12.3 Å². The summed E-state index contributed by atoms with van der Waals surface area (Å²) in [6.07, 6.45) is 2.59. The van der Waals surface area contributed by atoms with E-state index in [0.29, 0.717) is 5.69 Å². The van der Waals surface area contributed by atoms with Crippen LogP contribution in [0, 0.1) is 0 Å². The average Bonchev–Trinajstić information content (AvgIpc) is 2.69. The van der Waals surface area contributed by atoms with Crippen molar-refractivity contribution in [1.82, 2.24) is 10.3 Å². The molecule has 0 saturated heterocycles. The molecule has 0 spiro atoms. The summed E-state index contributed by atoms with van der Waals surface area (Å²) in [6, 6.07) is 23.8. The summed E-state index contributed by atoms with van der Waals surface area (Å²) in [5, 5.41) is 6.35. The largest absolute Gasteiger partial charge is 0.385 e. The van der Waals surface area contributed by atoms with Crippen molar-refractivity contribution in [2.45, 2.75) is 19.4 Å². The Morgan fingerprint density at radius 3 is 2.42 bits per heavy atom.